The van der Waals surface area contributed by atoms with E-state index in [9.17, 15) is 13.2 Å². The Balaban J connectivity index is 1.61. The van der Waals surface area contributed by atoms with E-state index in [1.807, 2.05) is 25.6 Å². The van der Waals surface area contributed by atoms with Crippen LogP contribution in [0.4, 0.5) is 0 Å². The van der Waals surface area contributed by atoms with E-state index in [-0.39, 0.29) is 28.9 Å². The predicted octanol–water partition coefficient (Wildman–Crippen LogP) is 2.81. The number of aryl methyl sites for hydroxylation is 2. The maximum absolute atomic E-state index is 12.9. The molecule has 2 aromatic rings. The number of amides is 1. The molecular weight excluding hydrogens is 435 g/mol. The standard InChI is InChI=1S/C19H24Cl2N4O3S/c1-13-16(14(2)23(3)22-13)5-7-19(26)24-8-10-25(11-9-24)29(27,28)18-12-15(20)4-6-17(18)21/h4,6,12H,5,7-11H2,1-3H3. The average Bonchev–Trinajstić information content (AvgIpc) is 2.93. The number of nitrogens with zero attached hydrogens (tertiary/aromatic N) is 4. The van der Waals surface area contributed by atoms with Gasteiger partial charge in [-0.1, -0.05) is 23.2 Å². The van der Waals surface area contributed by atoms with Gasteiger partial charge in [0.25, 0.3) is 0 Å². The van der Waals surface area contributed by atoms with Crippen LogP contribution in [0.5, 0.6) is 0 Å². The van der Waals surface area contributed by atoms with Crippen LogP contribution in [0.1, 0.15) is 23.4 Å². The first-order chi connectivity index (χ1) is 13.6. The van der Waals surface area contributed by atoms with Crippen molar-refractivity contribution in [1.82, 2.24) is 19.0 Å². The Morgan fingerprint density at radius 1 is 1.14 bits per heavy atom. The fourth-order valence-corrected chi connectivity index (χ4v) is 5.72. The summed E-state index contributed by atoms with van der Waals surface area (Å²) in [6.07, 6.45) is 1.00. The summed E-state index contributed by atoms with van der Waals surface area (Å²) in [6, 6.07) is 4.37. The van der Waals surface area contributed by atoms with Crippen LogP contribution in [0.2, 0.25) is 10.0 Å². The number of hydrogen-bond donors (Lipinski definition) is 0. The maximum Gasteiger partial charge on any atom is 0.244 e. The van der Waals surface area contributed by atoms with Gasteiger partial charge >= 0.3 is 0 Å². The van der Waals surface area contributed by atoms with Crippen LogP contribution in [-0.4, -0.2) is 59.5 Å². The van der Waals surface area contributed by atoms with Gasteiger partial charge in [0.05, 0.1) is 10.7 Å². The number of carbonyl (C=O) groups is 1. The number of carbonyl (C=O) groups excluding carboxylic acids is 1. The normalized spacial score (nSPS) is 15.7. The van der Waals surface area contributed by atoms with E-state index in [1.54, 1.807) is 11.0 Å². The van der Waals surface area contributed by atoms with E-state index in [2.05, 4.69) is 5.10 Å². The molecule has 1 aromatic carbocycles. The van der Waals surface area contributed by atoms with E-state index < -0.39 is 10.0 Å². The molecule has 0 bridgehead atoms. The molecular formula is C19H24Cl2N4O3S. The van der Waals surface area contributed by atoms with Gasteiger partial charge in [0.2, 0.25) is 15.9 Å². The molecule has 0 radical (unpaired) electrons. The smallest absolute Gasteiger partial charge is 0.244 e. The van der Waals surface area contributed by atoms with Gasteiger partial charge in [-0.15, -0.1) is 0 Å². The quantitative estimate of drug-likeness (QED) is 0.689. The van der Waals surface area contributed by atoms with Crippen molar-refractivity contribution < 1.29 is 13.2 Å². The molecule has 0 spiro atoms. The Morgan fingerprint density at radius 3 is 2.38 bits per heavy atom. The first-order valence-electron chi connectivity index (χ1n) is 9.33. The van der Waals surface area contributed by atoms with E-state index >= 15 is 0 Å². The molecule has 3 rings (SSSR count). The monoisotopic (exact) mass is 458 g/mol. The molecule has 1 aliphatic heterocycles. The SMILES string of the molecule is Cc1nn(C)c(C)c1CCC(=O)N1CCN(S(=O)(=O)c2cc(Cl)ccc2Cl)CC1. The van der Waals surface area contributed by atoms with Crippen LogP contribution in [0.25, 0.3) is 0 Å². The Morgan fingerprint density at radius 2 is 1.79 bits per heavy atom. The zero-order valence-electron chi connectivity index (χ0n) is 16.7. The average molecular weight is 459 g/mol. The van der Waals surface area contributed by atoms with Crippen molar-refractivity contribution in [3.8, 4) is 0 Å². The van der Waals surface area contributed by atoms with Gasteiger partial charge in [0.15, 0.2) is 0 Å². The lowest BCUT2D eigenvalue weighted by molar-refractivity contribution is -0.132. The fourth-order valence-electron chi connectivity index (χ4n) is 3.56. The van der Waals surface area contributed by atoms with Crippen molar-refractivity contribution in [3.05, 3.63) is 45.2 Å². The van der Waals surface area contributed by atoms with Crippen LogP contribution in [0.15, 0.2) is 23.1 Å². The zero-order valence-corrected chi connectivity index (χ0v) is 19.0. The van der Waals surface area contributed by atoms with Crippen molar-refractivity contribution in [3.63, 3.8) is 0 Å². The molecule has 1 aliphatic rings. The van der Waals surface area contributed by atoms with E-state index in [0.717, 1.165) is 17.0 Å². The number of hydrogen-bond acceptors (Lipinski definition) is 4. The van der Waals surface area contributed by atoms with Crippen LogP contribution < -0.4 is 0 Å². The molecule has 1 aromatic heterocycles. The second kappa shape index (κ2) is 8.63. The van der Waals surface area contributed by atoms with E-state index in [0.29, 0.717) is 31.0 Å². The summed E-state index contributed by atoms with van der Waals surface area (Å²) in [5.41, 5.74) is 3.09. The van der Waals surface area contributed by atoms with Crippen molar-refractivity contribution in [2.75, 3.05) is 26.2 Å². The Labute approximate surface area is 181 Å². The van der Waals surface area contributed by atoms with Crippen LogP contribution >= 0.6 is 23.2 Å². The highest BCUT2D eigenvalue weighted by Gasteiger charge is 2.31. The minimum Gasteiger partial charge on any atom is -0.340 e. The molecule has 1 fully saturated rings. The highest BCUT2D eigenvalue weighted by molar-refractivity contribution is 7.89. The van der Waals surface area contributed by atoms with E-state index in [1.165, 1.54) is 16.4 Å². The number of aromatic nitrogens is 2. The first-order valence-corrected chi connectivity index (χ1v) is 11.5. The molecule has 10 heteroatoms. The summed E-state index contributed by atoms with van der Waals surface area (Å²) in [7, 11) is -1.87. The Hall–Kier alpha value is -1.61. The molecule has 158 valence electrons. The lowest BCUT2D eigenvalue weighted by atomic mass is 10.1. The maximum atomic E-state index is 12.9. The minimum absolute atomic E-state index is 0.00558. The Kier molecular flexibility index (Phi) is 6.57. The highest BCUT2D eigenvalue weighted by Crippen LogP contribution is 2.28. The molecule has 29 heavy (non-hydrogen) atoms. The Bertz CT molecular complexity index is 1030. The third-order valence-electron chi connectivity index (χ3n) is 5.35. The summed E-state index contributed by atoms with van der Waals surface area (Å²) in [5, 5.41) is 4.82. The molecule has 1 amide bonds. The fraction of sp³-hybridized carbons (Fsp3) is 0.474. The lowest BCUT2D eigenvalue weighted by Crippen LogP contribution is -2.50. The predicted molar refractivity (Wildman–Crippen MR) is 113 cm³/mol. The van der Waals surface area contributed by atoms with Gasteiger partial charge in [-0.3, -0.25) is 9.48 Å². The van der Waals surface area contributed by atoms with Gasteiger partial charge in [0.1, 0.15) is 4.90 Å². The number of piperazine rings is 1. The van der Waals surface area contributed by atoms with Crippen molar-refractivity contribution >= 4 is 39.1 Å². The summed E-state index contributed by atoms with van der Waals surface area (Å²) >= 11 is 12.0. The molecule has 0 N–H and O–H groups in total. The molecule has 0 unspecified atom stereocenters. The molecule has 2 heterocycles. The largest absolute Gasteiger partial charge is 0.340 e. The number of sulfonamides is 1. The highest BCUT2D eigenvalue weighted by atomic mass is 35.5. The number of rotatable bonds is 5. The zero-order chi connectivity index (χ0) is 21.3. The van der Waals surface area contributed by atoms with Crippen LogP contribution in [0, 0.1) is 13.8 Å². The van der Waals surface area contributed by atoms with Gasteiger partial charge in [-0.05, 0) is 44.0 Å². The summed E-state index contributed by atoms with van der Waals surface area (Å²) in [4.78, 5) is 14.3. The third-order valence-corrected chi connectivity index (χ3v) is 7.97. The second-order valence-corrected chi connectivity index (χ2v) is 9.88. The van der Waals surface area contributed by atoms with Gasteiger partial charge in [-0.25, -0.2) is 8.42 Å². The summed E-state index contributed by atoms with van der Waals surface area (Å²) in [6.45, 7) is 5.08. The first kappa shape index (κ1) is 22.1. The van der Waals surface area contributed by atoms with Gasteiger partial charge in [0, 0.05) is 50.4 Å². The van der Waals surface area contributed by atoms with Gasteiger partial charge in [-0.2, -0.15) is 9.40 Å². The summed E-state index contributed by atoms with van der Waals surface area (Å²) < 4.78 is 29.0. The molecule has 1 saturated heterocycles. The molecule has 0 saturated carbocycles. The molecule has 0 atom stereocenters. The molecule has 0 aliphatic carbocycles. The number of benzene rings is 1. The number of halogens is 2. The minimum atomic E-state index is -3.76. The van der Waals surface area contributed by atoms with Crippen LogP contribution in [0.3, 0.4) is 0 Å². The topological polar surface area (TPSA) is 75.5 Å². The van der Waals surface area contributed by atoms with Crippen molar-refractivity contribution in [2.24, 2.45) is 7.05 Å². The summed E-state index contributed by atoms with van der Waals surface area (Å²) in [5.74, 6) is 0.0190. The van der Waals surface area contributed by atoms with Crippen LogP contribution in [-0.2, 0) is 28.3 Å². The van der Waals surface area contributed by atoms with Crippen molar-refractivity contribution in [2.45, 2.75) is 31.6 Å². The lowest BCUT2D eigenvalue weighted by Gasteiger charge is -2.34. The molecule has 7 nitrogen and oxygen atoms in total. The van der Waals surface area contributed by atoms with Crippen molar-refractivity contribution in [1.29, 1.82) is 0 Å². The third kappa shape index (κ3) is 4.60. The van der Waals surface area contributed by atoms with Gasteiger partial charge < -0.3 is 4.90 Å². The van der Waals surface area contributed by atoms with E-state index in [4.69, 9.17) is 23.2 Å². The second-order valence-electron chi connectivity index (χ2n) is 7.13.